The monoisotopic (exact) mass is 395 g/mol. The third-order valence-corrected chi connectivity index (χ3v) is 4.05. The van der Waals surface area contributed by atoms with Gasteiger partial charge in [0.15, 0.2) is 0 Å². The minimum atomic E-state index is -5.64. The average Bonchev–Trinajstić information content (AvgIpc) is 2.68. The first-order chi connectivity index (χ1) is 8.25. The van der Waals surface area contributed by atoms with E-state index in [9.17, 15) is 22.0 Å². The summed E-state index contributed by atoms with van der Waals surface area (Å²) in [6, 6.07) is 0.711. The summed E-state index contributed by atoms with van der Waals surface area (Å²) in [7, 11) is 0. The molecule has 1 unspecified atom stereocenters. The van der Waals surface area contributed by atoms with Crippen molar-refractivity contribution in [3.8, 4) is 0 Å². The van der Waals surface area contributed by atoms with Gasteiger partial charge in [0, 0.05) is 6.20 Å². The maximum Gasteiger partial charge on any atom is 0.458 e. The van der Waals surface area contributed by atoms with Gasteiger partial charge in [0.1, 0.15) is 11.0 Å². The van der Waals surface area contributed by atoms with Crippen LogP contribution in [0.1, 0.15) is 5.56 Å². The molecule has 0 radical (unpaired) electrons. The first-order valence-corrected chi connectivity index (χ1v) is 8.49. The highest BCUT2D eigenvalue weighted by Crippen LogP contribution is 2.44. The highest BCUT2D eigenvalue weighted by Gasteiger charge is 2.59. The Kier molecular flexibility index (Phi) is 3.48. The Morgan fingerprint density at radius 1 is 1.17 bits per heavy atom. The van der Waals surface area contributed by atoms with Crippen LogP contribution in [0.4, 0.5) is 22.0 Å². The third-order valence-electron chi connectivity index (χ3n) is 2.16. The molecule has 0 fully saturated rings. The summed E-state index contributed by atoms with van der Waals surface area (Å²) < 4.78 is 64.1. The van der Waals surface area contributed by atoms with Gasteiger partial charge in [-0.05, 0) is 28.1 Å². The summed E-state index contributed by atoms with van der Waals surface area (Å²) in [5.41, 5.74) is -0.911. The van der Waals surface area contributed by atoms with Gasteiger partial charge in [-0.2, -0.15) is 27.1 Å². The molecule has 2 heterocycles. The van der Waals surface area contributed by atoms with Crippen molar-refractivity contribution < 1.29 is 22.0 Å². The van der Waals surface area contributed by atoms with Crippen LogP contribution in [0.3, 0.4) is 0 Å². The Bertz CT molecular complexity index is 582. The highest BCUT2D eigenvalue weighted by molar-refractivity contribution is 14.2. The number of fused-ring (bicyclic) bond motifs is 1. The fourth-order valence-electron chi connectivity index (χ4n) is 1.28. The van der Waals surface area contributed by atoms with Crippen LogP contribution in [-0.4, -0.2) is 20.7 Å². The van der Waals surface area contributed by atoms with E-state index in [1.807, 2.05) is 22.0 Å². The van der Waals surface area contributed by atoms with Gasteiger partial charge < -0.3 is 0 Å². The normalized spacial score (nSPS) is 13.9. The topological polar surface area (TPSA) is 30.7 Å². The summed E-state index contributed by atoms with van der Waals surface area (Å²) in [4.78, 5) is 3.57. The Balaban J connectivity index is 2.53. The maximum atomic E-state index is 13.1. The van der Waals surface area contributed by atoms with Crippen molar-refractivity contribution in [2.75, 3.05) is 0 Å². The van der Waals surface area contributed by atoms with Crippen LogP contribution in [0.5, 0.6) is 0 Å². The molecule has 2 rings (SSSR count). The van der Waals surface area contributed by atoms with E-state index in [1.54, 1.807) is 0 Å². The SMILES string of the molecule is FC(F)(F)C(F)(F)c1cnc2cn(PI)nc2c1. The second kappa shape index (κ2) is 4.52. The van der Waals surface area contributed by atoms with E-state index >= 15 is 0 Å². The van der Waals surface area contributed by atoms with Crippen molar-refractivity contribution in [2.45, 2.75) is 12.1 Å². The molecule has 0 saturated heterocycles. The van der Waals surface area contributed by atoms with Gasteiger partial charge in [0.2, 0.25) is 0 Å². The van der Waals surface area contributed by atoms with Crippen LogP contribution in [0, 0.1) is 0 Å². The van der Waals surface area contributed by atoms with Crippen LogP contribution in [-0.2, 0) is 5.92 Å². The Morgan fingerprint density at radius 3 is 2.39 bits per heavy atom. The molecular formula is C8H4F5IN3P. The van der Waals surface area contributed by atoms with Gasteiger partial charge in [-0.15, -0.1) is 0 Å². The summed E-state index contributed by atoms with van der Waals surface area (Å²) in [6.07, 6.45) is -3.42. The zero-order valence-corrected chi connectivity index (χ0v) is 11.5. The molecule has 0 N–H and O–H groups in total. The van der Waals surface area contributed by atoms with Gasteiger partial charge in [0.05, 0.1) is 18.1 Å². The van der Waals surface area contributed by atoms with E-state index in [0.717, 1.165) is 0 Å². The lowest BCUT2D eigenvalue weighted by Crippen LogP contribution is -2.33. The molecular weight excluding hydrogens is 391 g/mol. The van der Waals surface area contributed by atoms with Crippen LogP contribution in [0.15, 0.2) is 18.5 Å². The minimum Gasteiger partial charge on any atom is -0.252 e. The molecule has 3 nitrogen and oxygen atoms in total. The summed E-state index contributed by atoms with van der Waals surface area (Å²) in [6.45, 7) is 0. The van der Waals surface area contributed by atoms with Crippen LogP contribution >= 0.6 is 28.4 Å². The molecule has 0 aromatic carbocycles. The number of alkyl halides is 5. The highest BCUT2D eigenvalue weighted by atomic mass is 127. The van der Waals surface area contributed by atoms with E-state index in [2.05, 4.69) is 10.1 Å². The number of hydrogen-bond acceptors (Lipinski definition) is 2. The van der Waals surface area contributed by atoms with E-state index < -0.39 is 17.7 Å². The molecule has 10 heteroatoms. The molecule has 18 heavy (non-hydrogen) atoms. The zero-order valence-electron chi connectivity index (χ0n) is 8.34. The molecule has 0 bridgehead atoms. The number of nitrogens with zero attached hydrogens (tertiary/aromatic N) is 3. The first-order valence-electron chi connectivity index (χ1n) is 4.43. The molecule has 0 aliphatic carbocycles. The van der Waals surface area contributed by atoms with Gasteiger partial charge in [-0.1, -0.05) is 0 Å². The van der Waals surface area contributed by atoms with Crippen molar-refractivity contribution >= 4 is 39.4 Å². The minimum absolute atomic E-state index is 0.0144. The van der Waals surface area contributed by atoms with Gasteiger partial charge in [-0.25, -0.2) is 4.45 Å². The second-order valence-electron chi connectivity index (χ2n) is 3.36. The van der Waals surface area contributed by atoms with Crippen molar-refractivity contribution in [3.05, 3.63) is 24.0 Å². The van der Waals surface area contributed by atoms with Gasteiger partial charge in [0.25, 0.3) is 0 Å². The molecule has 0 saturated carbocycles. The number of hydrogen-bond donors (Lipinski definition) is 0. The van der Waals surface area contributed by atoms with Gasteiger partial charge >= 0.3 is 12.1 Å². The lowest BCUT2D eigenvalue weighted by molar-refractivity contribution is -0.289. The standard InChI is InChI=1S/C8H4F5IN3P/c9-7(10,8(11,12)13)4-1-5-6(15-2-4)3-17(16-5)18-14/h1-3,18H. The number of rotatable bonds is 2. The molecule has 2 aromatic heterocycles. The molecule has 0 amide bonds. The van der Waals surface area contributed by atoms with Gasteiger partial charge in [-0.3, -0.25) is 4.98 Å². The predicted octanol–water partition coefficient (Wildman–Crippen LogP) is 3.88. The average molecular weight is 395 g/mol. The van der Waals surface area contributed by atoms with Crippen molar-refractivity contribution in [1.82, 2.24) is 14.5 Å². The van der Waals surface area contributed by atoms with E-state index in [1.165, 1.54) is 10.6 Å². The van der Waals surface area contributed by atoms with Crippen LogP contribution in [0.25, 0.3) is 11.0 Å². The van der Waals surface area contributed by atoms with E-state index in [4.69, 9.17) is 0 Å². The molecule has 0 aliphatic heterocycles. The summed E-state index contributed by atoms with van der Waals surface area (Å²) in [5.74, 6) is -4.93. The van der Waals surface area contributed by atoms with E-state index in [0.29, 0.717) is 12.3 Å². The number of pyridine rings is 1. The summed E-state index contributed by atoms with van der Waals surface area (Å²) >= 11 is 2.00. The molecule has 0 spiro atoms. The lowest BCUT2D eigenvalue weighted by Gasteiger charge is -2.19. The molecule has 1 atom stereocenters. The van der Waals surface area contributed by atoms with Crippen molar-refractivity contribution in [1.29, 1.82) is 0 Å². The Labute approximate surface area is 112 Å². The molecule has 2 aromatic rings. The fraction of sp³-hybridized carbons (Fsp3) is 0.250. The third kappa shape index (κ3) is 2.29. The Hall–Kier alpha value is -0.570. The predicted molar refractivity (Wildman–Crippen MR) is 65.2 cm³/mol. The van der Waals surface area contributed by atoms with Crippen molar-refractivity contribution in [3.63, 3.8) is 0 Å². The Morgan fingerprint density at radius 2 is 1.83 bits per heavy atom. The number of aromatic nitrogens is 3. The zero-order chi connectivity index (χ0) is 13.6. The van der Waals surface area contributed by atoms with Crippen molar-refractivity contribution in [2.24, 2.45) is 0 Å². The quantitative estimate of drug-likeness (QED) is 0.439. The fourth-order valence-corrected chi connectivity index (χ4v) is 2.34. The second-order valence-corrected chi connectivity index (χ2v) is 5.43. The van der Waals surface area contributed by atoms with Crippen LogP contribution < -0.4 is 0 Å². The smallest absolute Gasteiger partial charge is 0.252 e. The van der Waals surface area contributed by atoms with Crippen LogP contribution in [0.2, 0.25) is 0 Å². The summed E-state index contributed by atoms with van der Waals surface area (Å²) in [5, 5.41) is 3.85. The maximum absolute atomic E-state index is 13.1. The first kappa shape index (κ1) is 13.9. The molecule has 98 valence electrons. The lowest BCUT2D eigenvalue weighted by atomic mass is 10.1. The number of halogens is 6. The van der Waals surface area contributed by atoms with E-state index in [-0.39, 0.29) is 17.4 Å². The molecule has 0 aliphatic rings. The largest absolute Gasteiger partial charge is 0.458 e.